The molecule has 2 aromatic carbocycles. The first-order valence-electron chi connectivity index (χ1n) is 10.9. The predicted octanol–water partition coefficient (Wildman–Crippen LogP) is 5.45. The first-order chi connectivity index (χ1) is 14.8. The molecule has 0 saturated heterocycles. The van der Waals surface area contributed by atoms with Crippen molar-refractivity contribution in [3.8, 4) is 0 Å². The van der Waals surface area contributed by atoms with E-state index in [0.29, 0.717) is 6.73 Å². The number of ether oxygens (including phenoxy) is 1. The summed E-state index contributed by atoms with van der Waals surface area (Å²) in [7, 11) is -1.07. The molecule has 0 radical (unpaired) electrons. The lowest BCUT2D eigenvalue weighted by Crippen LogP contribution is -2.22. The van der Waals surface area contributed by atoms with Crippen molar-refractivity contribution in [2.75, 3.05) is 6.61 Å². The van der Waals surface area contributed by atoms with E-state index in [4.69, 9.17) is 20.6 Å². The van der Waals surface area contributed by atoms with Crippen LogP contribution in [0.2, 0.25) is 25.7 Å². The van der Waals surface area contributed by atoms with E-state index in [1.165, 1.54) is 5.56 Å². The van der Waals surface area contributed by atoms with Crippen LogP contribution in [-0.2, 0) is 17.9 Å². The second-order valence-electron chi connectivity index (χ2n) is 9.61. The highest BCUT2D eigenvalue weighted by Crippen LogP contribution is 2.24. The zero-order valence-corrected chi connectivity index (χ0v) is 19.9. The van der Waals surface area contributed by atoms with Crippen LogP contribution in [0.3, 0.4) is 0 Å². The molecular formula is C25H32N4OSi. The van der Waals surface area contributed by atoms with Gasteiger partial charge in [-0.15, -0.1) is 0 Å². The lowest BCUT2D eigenvalue weighted by Gasteiger charge is -2.15. The van der Waals surface area contributed by atoms with Crippen molar-refractivity contribution in [2.24, 2.45) is 5.73 Å². The standard InChI is InChI=1S/C25H32N4OSi/c1-18-13-19(15-22(26)24-10-9-20-7-5-6-8-23(20)27-24)14-21-16-29(28-25(18)21)17-30-11-12-31(2,3)4/h5-10,13-14,16,22H,11-12,15,17,26H2,1-4H3. The lowest BCUT2D eigenvalue weighted by molar-refractivity contribution is 0.0791. The van der Waals surface area contributed by atoms with E-state index in [-0.39, 0.29) is 6.04 Å². The summed E-state index contributed by atoms with van der Waals surface area (Å²) in [4.78, 5) is 4.76. The Morgan fingerprint density at radius 2 is 1.87 bits per heavy atom. The minimum atomic E-state index is -1.07. The average Bonchev–Trinajstić information content (AvgIpc) is 3.13. The third-order valence-electron chi connectivity index (χ3n) is 5.58. The highest BCUT2D eigenvalue weighted by molar-refractivity contribution is 6.76. The topological polar surface area (TPSA) is 66.0 Å². The molecule has 2 aromatic heterocycles. The minimum Gasteiger partial charge on any atom is -0.360 e. The second kappa shape index (κ2) is 8.90. The molecule has 0 saturated carbocycles. The number of aryl methyl sites for hydroxylation is 1. The average molecular weight is 433 g/mol. The number of nitrogens with two attached hydrogens (primary N) is 1. The Morgan fingerprint density at radius 1 is 1.06 bits per heavy atom. The minimum absolute atomic E-state index is 0.151. The first-order valence-corrected chi connectivity index (χ1v) is 14.6. The Balaban J connectivity index is 1.47. The maximum absolute atomic E-state index is 6.53. The number of fused-ring (bicyclic) bond motifs is 2. The third kappa shape index (κ3) is 5.39. The van der Waals surface area contributed by atoms with Gasteiger partial charge in [0.1, 0.15) is 6.73 Å². The number of hydrogen-bond donors (Lipinski definition) is 1. The van der Waals surface area contributed by atoms with E-state index >= 15 is 0 Å². The fraction of sp³-hybridized carbons (Fsp3) is 0.360. The highest BCUT2D eigenvalue weighted by atomic mass is 28.3. The smallest absolute Gasteiger partial charge is 0.139 e. The monoisotopic (exact) mass is 432 g/mol. The first kappa shape index (κ1) is 21.7. The Kier molecular flexibility index (Phi) is 6.23. The van der Waals surface area contributed by atoms with Crippen LogP contribution in [0.15, 0.2) is 54.7 Å². The number of benzene rings is 2. The summed E-state index contributed by atoms with van der Waals surface area (Å²) in [6.07, 6.45) is 2.81. The maximum Gasteiger partial charge on any atom is 0.139 e. The summed E-state index contributed by atoms with van der Waals surface area (Å²) in [6.45, 7) is 10.5. The molecule has 0 aliphatic carbocycles. The van der Waals surface area contributed by atoms with Crippen LogP contribution in [-0.4, -0.2) is 29.4 Å². The van der Waals surface area contributed by atoms with Crippen molar-refractivity contribution >= 4 is 29.9 Å². The molecule has 0 amide bonds. The van der Waals surface area contributed by atoms with Crippen LogP contribution in [0.5, 0.6) is 0 Å². The van der Waals surface area contributed by atoms with Gasteiger partial charge in [-0.2, -0.15) is 5.10 Å². The normalized spacial score (nSPS) is 13.2. The summed E-state index contributed by atoms with van der Waals surface area (Å²) in [5.74, 6) is 0. The molecule has 4 aromatic rings. The van der Waals surface area contributed by atoms with Gasteiger partial charge in [0.25, 0.3) is 0 Å². The van der Waals surface area contributed by atoms with Gasteiger partial charge in [-0.05, 0) is 48.7 Å². The molecule has 2 N–H and O–H groups in total. The molecule has 31 heavy (non-hydrogen) atoms. The van der Waals surface area contributed by atoms with E-state index < -0.39 is 8.07 Å². The molecule has 0 bridgehead atoms. The Bertz CT molecular complexity index is 1200. The van der Waals surface area contributed by atoms with Gasteiger partial charge in [-0.3, -0.25) is 4.98 Å². The number of pyridine rings is 1. The molecule has 6 heteroatoms. The second-order valence-corrected chi connectivity index (χ2v) is 15.2. The van der Waals surface area contributed by atoms with Crippen LogP contribution in [0.25, 0.3) is 21.8 Å². The molecule has 1 atom stereocenters. The van der Waals surface area contributed by atoms with Crippen LogP contribution >= 0.6 is 0 Å². The third-order valence-corrected chi connectivity index (χ3v) is 7.29. The molecular weight excluding hydrogens is 400 g/mol. The van der Waals surface area contributed by atoms with Crippen molar-refractivity contribution in [3.05, 3.63) is 71.5 Å². The summed E-state index contributed by atoms with van der Waals surface area (Å²) in [6, 6.07) is 17.7. The van der Waals surface area contributed by atoms with Crippen LogP contribution in [0, 0.1) is 6.92 Å². The number of para-hydroxylation sites is 1. The summed E-state index contributed by atoms with van der Waals surface area (Å²) < 4.78 is 7.76. The van der Waals surface area contributed by atoms with Crippen LogP contribution in [0.1, 0.15) is 22.9 Å². The van der Waals surface area contributed by atoms with Gasteiger partial charge in [0.15, 0.2) is 0 Å². The molecule has 1 unspecified atom stereocenters. The van der Waals surface area contributed by atoms with Gasteiger partial charge in [0.2, 0.25) is 0 Å². The van der Waals surface area contributed by atoms with E-state index in [9.17, 15) is 0 Å². The van der Waals surface area contributed by atoms with Crippen molar-refractivity contribution in [1.82, 2.24) is 14.8 Å². The van der Waals surface area contributed by atoms with Crippen LogP contribution < -0.4 is 5.73 Å². The van der Waals surface area contributed by atoms with E-state index in [1.54, 1.807) is 0 Å². The summed E-state index contributed by atoms with van der Waals surface area (Å²) >= 11 is 0. The molecule has 0 spiro atoms. The highest BCUT2D eigenvalue weighted by Gasteiger charge is 2.14. The van der Waals surface area contributed by atoms with Gasteiger partial charge < -0.3 is 10.5 Å². The van der Waals surface area contributed by atoms with Gasteiger partial charge in [-0.1, -0.05) is 50.0 Å². The van der Waals surface area contributed by atoms with Crippen LogP contribution in [0.4, 0.5) is 0 Å². The van der Waals surface area contributed by atoms with Gasteiger partial charge >= 0.3 is 0 Å². The molecule has 0 aliphatic rings. The molecule has 0 aliphatic heterocycles. The fourth-order valence-electron chi connectivity index (χ4n) is 3.80. The molecule has 4 rings (SSSR count). The molecule has 5 nitrogen and oxygen atoms in total. The zero-order chi connectivity index (χ0) is 22.0. The van der Waals surface area contributed by atoms with Gasteiger partial charge in [-0.25, -0.2) is 4.68 Å². The fourth-order valence-corrected chi connectivity index (χ4v) is 4.56. The van der Waals surface area contributed by atoms with Crippen molar-refractivity contribution in [2.45, 2.75) is 51.8 Å². The lowest BCUT2D eigenvalue weighted by atomic mass is 9.99. The quantitative estimate of drug-likeness (QED) is 0.297. The number of hydrogen-bond acceptors (Lipinski definition) is 4. The SMILES string of the molecule is Cc1cc(CC(N)c2ccc3ccccc3n2)cc2cn(COCC[Si](C)(C)C)nc12. The number of rotatable bonds is 8. The molecule has 0 fully saturated rings. The van der Waals surface area contributed by atoms with Gasteiger partial charge in [0, 0.05) is 31.7 Å². The van der Waals surface area contributed by atoms with Crippen molar-refractivity contribution in [1.29, 1.82) is 0 Å². The Hall–Kier alpha value is -2.54. The Morgan fingerprint density at radius 3 is 2.68 bits per heavy atom. The van der Waals surface area contributed by atoms with E-state index in [1.807, 2.05) is 28.9 Å². The summed E-state index contributed by atoms with van der Waals surface area (Å²) in [5.41, 5.74) is 11.8. The number of nitrogens with zero attached hydrogens (tertiary/aromatic N) is 3. The zero-order valence-electron chi connectivity index (χ0n) is 18.9. The Labute approximate surface area is 185 Å². The molecule has 162 valence electrons. The van der Waals surface area contributed by atoms with Gasteiger partial charge in [0.05, 0.1) is 22.8 Å². The van der Waals surface area contributed by atoms with E-state index in [2.05, 4.69) is 57.0 Å². The van der Waals surface area contributed by atoms with E-state index in [0.717, 1.165) is 52.1 Å². The molecule has 2 heterocycles. The predicted molar refractivity (Wildman–Crippen MR) is 131 cm³/mol. The maximum atomic E-state index is 6.53. The van der Waals surface area contributed by atoms with Crippen molar-refractivity contribution < 1.29 is 4.74 Å². The summed E-state index contributed by atoms with van der Waals surface area (Å²) in [5, 5.41) is 6.98. The largest absolute Gasteiger partial charge is 0.360 e. The number of aromatic nitrogens is 3. The van der Waals surface area contributed by atoms with Crippen molar-refractivity contribution in [3.63, 3.8) is 0 Å².